The first-order chi connectivity index (χ1) is 16.7. The lowest BCUT2D eigenvalue weighted by atomic mass is 9.71. The fourth-order valence-corrected chi connectivity index (χ4v) is 6.06. The first-order valence-corrected chi connectivity index (χ1v) is 12.9. The minimum atomic E-state index is -0.0400. The minimum Gasteiger partial charge on any atom is -0.454 e. The van der Waals surface area contributed by atoms with Crippen molar-refractivity contribution in [2.45, 2.75) is 67.5 Å². The fraction of sp³-hybridized carbons (Fsp3) is 0.385. The summed E-state index contributed by atoms with van der Waals surface area (Å²) in [6, 6.07) is 12.1. The van der Waals surface area contributed by atoms with Gasteiger partial charge in [0.2, 0.25) is 0 Å². The van der Waals surface area contributed by atoms with E-state index in [1.165, 1.54) is 11.8 Å². The van der Waals surface area contributed by atoms with Crippen molar-refractivity contribution in [3.8, 4) is 0 Å². The molecule has 3 aromatic heterocycles. The number of furan rings is 1. The standard InChI is InChI=1S/C26H27N5O2S/c32-22-12-6-11-21-24(22)17(18-15-27-31-25(18)28-21)8-3-1-2-7-16-13-14-23(33-16)34-26-29-19-9-4-5-10-20(19)30-26/h4-5,9-10,13-15,17,24H,1-3,6-8,11-12H2,(H,27,31)(H,29,30). The van der Waals surface area contributed by atoms with Crippen LogP contribution in [0.5, 0.6) is 0 Å². The second kappa shape index (κ2) is 9.25. The lowest BCUT2D eigenvalue weighted by Gasteiger charge is -2.33. The van der Waals surface area contributed by atoms with Crippen molar-refractivity contribution < 1.29 is 9.21 Å². The molecule has 0 saturated heterocycles. The van der Waals surface area contributed by atoms with Crippen molar-refractivity contribution in [3.63, 3.8) is 0 Å². The van der Waals surface area contributed by atoms with Crippen LogP contribution in [-0.2, 0) is 11.2 Å². The molecule has 6 rings (SSSR count). The molecule has 4 heterocycles. The molecule has 4 aromatic rings. The predicted octanol–water partition coefficient (Wildman–Crippen LogP) is 6.37. The zero-order valence-corrected chi connectivity index (χ0v) is 19.7. The summed E-state index contributed by atoms with van der Waals surface area (Å²) in [6.45, 7) is 0. The third-order valence-electron chi connectivity index (χ3n) is 6.91. The van der Waals surface area contributed by atoms with Crippen LogP contribution in [0.3, 0.4) is 0 Å². The van der Waals surface area contributed by atoms with E-state index in [0.29, 0.717) is 12.2 Å². The van der Waals surface area contributed by atoms with E-state index in [0.717, 1.165) is 89.1 Å². The Hall–Kier alpha value is -3.13. The second-order valence-corrected chi connectivity index (χ2v) is 10.2. The Morgan fingerprint density at radius 2 is 2.03 bits per heavy atom. The maximum Gasteiger partial charge on any atom is 0.174 e. The van der Waals surface area contributed by atoms with Gasteiger partial charge in [0.1, 0.15) is 11.5 Å². The number of aryl methyl sites for hydroxylation is 1. The number of rotatable bonds is 8. The Labute approximate surface area is 201 Å². The SMILES string of the molecule is O=C1CCCC2=Nc3[nH]ncc3C(CCCCCc3ccc(Sc4nc5ccccc5[nH]4)o3)C12. The maximum atomic E-state index is 12.7. The summed E-state index contributed by atoms with van der Waals surface area (Å²) in [6.07, 6.45) is 9.55. The Kier molecular flexibility index (Phi) is 5.83. The molecular weight excluding hydrogens is 446 g/mol. The first kappa shape index (κ1) is 21.4. The zero-order valence-electron chi connectivity index (χ0n) is 18.9. The summed E-state index contributed by atoms with van der Waals surface area (Å²) in [5, 5.41) is 8.91. The number of aromatic nitrogens is 4. The highest BCUT2D eigenvalue weighted by molar-refractivity contribution is 7.99. The number of carbonyl (C=O) groups excluding carboxylic acids is 1. The summed E-state index contributed by atoms with van der Waals surface area (Å²) in [7, 11) is 0. The molecular formula is C26H27N5O2S. The molecule has 0 radical (unpaired) electrons. The lowest BCUT2D eigenvalue weighted by Crippen LogP contribution is -2.35. The summed E-state index contributed by atoms with van der Waals surface area (Å²) in [4.78, 5) is 25.3. The molecule has 1 aliphatic heterocycles. The van der Waals surface area contributed by atoms with Crippen molar-refractivity contribution >= 4 is 40.1 Å². The van der Waals surface area contributed by atoms with E-state index < -0.39 is 0 Å². The van der Waals surface area contributed by atoms with Gasteiger partial charge >= 0.3 is 0 Å². The Morgan fingerprint density at radius 1 is 1.09 bits per heavy atom. The van der Waals surface area contributed by atoms with Gasteiger partial charge in [-0.1, -0.05) is 25.0 Å². The molecule has 1 fully saturated rings. The highest BCUT2D eigenvalue weighted by atomic mass is 32.2. The fourth-order valence-electron chi connectivity index (χ4n) is 5.28. The van der Waals surface area contributed by atoms with E-state index in [9.17, 15) is 4.79 Å². The Balaban J connectivity index is 1.01. The van der Waals surface area contributed by atoms with Crippen LogP contribution in [0.4, 0.5) is 5.82 Å². The number of aromatic amines is 2. The van der Waals surface area contributed by atoms with E-state index in [1.807, 2.05) is 36.5 Å². The second-order valence-electron chi connectivity index (χ2n) is 9.16. The van der Waals surface area contributed by atoms with Gasteiger partial charge in [0, 0.05) is 30.0 Å². The molecule has 2 atom stereocenters. The van der Waals surface area contributed by atoms with Gasteiger partial charge in [-0.2, -0.15) is 5.10 Å². The number of carbonyl (C=O) groups is 1. The number of hydrogen-bond donors (Lipinski definition) is 2. The molecule has 0 amide bonds. The Bertz CT molecular complexity index is 1320. The number of benzene rings is 1. The monoisotopic (exact) mass is 473 g/mol. The molecule has 2 aliphatic rings. The van der Waals surface area contributed by atoms with Crippen LogP contribution >= 0.6 is 11.8 Å². The lowest BCUT2D eigenvalue weighted by molar-refractivity contribution is -0.122. The third kappa shape index (κ3) is 4.22. The van der Waals surface area contributed by atoms with Gasteiger partial charge in [0.15, 0.2) is 16.1 Å². The first-order valence-electron chi connectivity index (χ1n) is 12.1. The van der Waals surface area contributed by atoms with Crippen LogP contribution < -0.4 is 0 Å². The highest BCUT2D eigenvalue weighted by Gasteiger charge is 2.40. The normalized spacial score (nSPS) is 19.8. The molecule has 34 heavy (non-hydrogen) atoms. The molecule has 0 bridgehead atoms. The number of Topliss-reactive ketones (excluding diaryl/α,β-unsaturated/α-hetero) is 1. The highest BCUT2D eigenvalue weighted by Crippen LogP contribution is 2.43. The van der Waals surface area contributed by atoms with Gasteiger partial charge in [-0.15, -0.1) is 0 Å². The molecule has 1 aliphatic carbocycles. The van der Waals surface area contributed by atoms with Crippen molar-refractivity contribution in [1.29, 1.82) is 0 Å². The van der Waals surface area contributed by atoms with Crippen LogP contribution in [0.2, 0.25) is 0 Å². The number of unbranched alkanes of at least 4 members (excludes halogenated alkanes) is 2. The van der Waals surface area contributed by atoms with E-state index in [4.69, 9.17) is 9.41 Å². The van der Waals surface area contributed by atoms with Crippen molar-refractivity contribution in [2.24, 2.45) is 10.9 Å². The average Bonchev–Trinajstić information content (AvgIpc) is 3.58. The molecule has 1 aromatic carbocycles. The quantitative estimate of drug-likeness (QED) is 0.290. The molecule has 1 saturated carbocycles. The third-order valence-corrected chi connectivity index (χ3v) is 7.71. The van der Waals surface area contributed by atoms with Crippen molar-refractivity contribution in [2.75, 3.05) is 0 Å². The molecule has 174 valence electrons. The van der Waals surface area contributed by atoms with Gasteiger partial charge in [0.25, 0.3) is 0 Å². The molecule has 2 unspecified atom stereocenters. The number of para-hydroxylation sites is 2. The number of nitrogens with zero attached hydrogens (tertiary/aromatic N) is 3. The van der Waals surface area contributed by atoms with Crippen LogP contribution in [0.25, 0.3) is 11.0 Å². The van der Waals surface area contributed by atoms with Gasteiger partial charge in [-0.05, 0) is 61.7 Å². The van der Waals surface area contributed by atoms with Crippen LogP contribution in [0.15, 0.2) is 62.3 Å². The maximum absolute atomic E-state index is 12.7. The van der Waals surface area contributed by atoms with Crippen molar-refractivity contribution in [3.05, 3.63) is 53.9 Å². The molecule has 2 N–H and O–H groups in total. The number of imidazole rings is 1. The smallest absolute Gasteiger partial charge is 0.174 e. The number of H-pyrrole nitrogens is 2. The largest absolute Gasteiger partial charge is 0.454 e. The van der Waals surface area contributed by atoms with Gasteiger partial charge in [-0.3, -0.25) is 9.89 Å². The summed E-state index contributed by atoms with van der Waals surface area (Å²) < 4.78 is 6.03. The van der Waals surface area contributed by atoms with E-state index in [-0.39, 0.29) is 11.8 Å². The van der Waals surface area contributed by atoms with Gasteiger partial charge in [0.05, 0.1) is 23.1 Å². The zero-order chi connectivity index (χ0) is 22.9. The summed E-state index contributed by atoms with van der Waals surface area (Å²) >= 11 is 1.52. The average molecular weight is 474 g/mol. The number of aliphatic imine (C=N–C) groups is 1. The van der Waals surface area contributed by atoms with Gasteiger partial charge < -0.3 is 9.40 Å². The number of fused-ring (bicyclic) bond motifs is 3. The number of nitrogens with one attached hydrogen (secondary N) is 2. The van der Waals surface area contributed by atoms with E-state index >= 15 is 0 Å². The number of ketones is 1. The summed E-state index contributed by atoms with van der Waals surface area (Å²) in [5.74, 6) is 2.39. The summed E-state index contributed by atoms with van der Waals surface area (Å²) in [5.41, 5.74) is 4.17. The molecule has 8 heteroatoms. The molecule has 0 spiro atoms. The number of hydrogen-bond acceptors (Lipinski definition) is 6. The van der Waals surface area contributed by atoms with E-state index in [1.54, 1.807) is 0 Å². The van der Waals surface area contributed by atoms with Crippen LogP contribution in [0, 0.1) is 5.92 Å². The van der Waals surface area contributed by atoms with Crippen LogP contribution in [-0.4, -0.2) is 31.7 Å². The topological polar surface area (TPSA) is 99.9 Å². The molecule has 7 nitrogen and oxygen atoms in total. The van der Waals surface area contributed by atoms with Crippen LogP contribution in [0.1, 0.15) is 62.2 Å². The minimum absolute atomic E-state index is 0.0400. The van der Waals surface area contributed by atoms with Crippen molar-refractivity contribution in [1.82, 2.24) is 20.2 Å². The van der Waals surface area contributed by atoms with E-state index in [2.05, 4.69) is 26.2 Å². The Morgan fingerprint density at radius 3 is 2.97 bits per heavy atom. The predicted molar refractivity (Wildman–Crippen MR) is 132 cm³/mol. The van der Waals surface area contributed by atoms with Gasteiger partial charge in [-0.25, -0.2) is 9.98 Å².